The molecule has 0 spiro atoms. The summed E-state index contributed by atoms with van der Waals surface area (Å²) >= 11 is 7.44. The maximum absolute atomic E-state index is 11.8. The molecule has 0 radical (unpaired) electrons. The molecule has 1 aromatic rings. The number of aliphatic hydroxyl groups is 1. The number of ether oxygens (including phenoxy) is 1. The minimum absolute atomic E-state index is 0.00514. The Morgan fingerprint density at radius 3 is 2.52 bits per heavy atom. The monoisotopic (exact) mass is 333 g/mol. The molecular weight excluding hydrogens is 310 g/mol. The lowest BCUT2D eigenvalue weighted by molar-refractivity contribution is 0.0462. The Balaban J connectivity index is 2.65. The van der Waals surface area contributed by atoms with Crippen LogP contribution in [-0.2, 0) is 11.2 Å². The van der Waals surface area contributed by atoms with E-state index in [4.69, 9.17) is 16.3 Å². The van der Waals surface area contributed by atoms with E-state index >= 15 is 0 Å². The van der Waals surface area contributed by atoms with Gasteiger partial charge in [0.25, 0.3) is 0 Å². The summed E-state index contributed by atoms with van der Waals surface area (Å²) in [4.78, 5) is 12.9. The zero-order valence-corrected chi connectivity index (χ0v) is 14.6. The predicted octanol–water partition coefficient (Wildman–Crippen LogP) is 3.86. The normalized spacial score (nSPS) is 14.6. The van der Waals surface area contributed by atoms with Gasteiger partial charge >= 0.3 is 6.09 Å². The molecule has 1 rings (SSSR count). The van der Waals surface area contributed by atoms with Crippen molar-refractivity contribution in [1.82, 2.24) is 5.32 Å². The van der Waals surface area contributed by atoms with Crippen molar-refractivity contribution in [2.24, 2.45) is 5.41 Å². The number of rotatable bonds is 6. The largest absolute Gasteiger partial charge is 0.444 e. The van der Waals surface area contributed by atoms with Crippen LogP contribution >= 0.6 is 22.9 Å². The van der Waals surface area contributed by atoms with Gasteiger partial charge in [-0.05, 0) is 45.7 Å². The molecular formula is C15H24ClNO3S. The maximum Gasteiger partial charge on any atom is 0.407 e. The van der Waals surface area contributed by atoms with E-state index in [1.54, 1.807) is 0 Å². The number of hydrogen-bond acceptors (Lipinski definition) is 4. The van der Waals surface area contributed by atoms with Crippen molar-refractivity contribution in [3.63, 3.8) is 0 Å². The van der Waals surface area contributed by atoms with E-state index in [1.807, 2.05) is 39.8 Å². The predicted molar refractivity (Wildman–Crippen MR) is 87.1 cm³/mol. The molecule has 21 heavy (non-hydrogen) atoms. The van der Waals surface area contributed by atoms with Gasteiger partial charge in [0.15, 0.2) is 0 Å². The van der Waals surface area contributed by atoms with Gasteiger partial charge in [-0.1, -0.05) is 18.5 Å². The van der Waals surface area contributed by atoms with Gasteiger partial charge in [0, 0.05) is 16.8 Å². The van der Waals surface area contributed by atoms with Crippen LogP contribution in [0.3, 0.4) is 0 Å². The smallest absolute Gasteiger partial charge is 0.407 e. The summed E-state index contributed by atoms with van der Waals surface area (Å²) in [6, 6.07) is 3.81. The summed E-state index contributed by atoms with van der Waals surface area (Å²) in [5.74, 6) is 0. The topological polar surface area (TPSA) is 58.6 Å². The first kappa shape index (κ1) is 18.3. The highest BCUT2D eigenvalue weighted by Crippen LogP contribution is 2.31. The van der Waals surface area contributed by atoms with Gasteiger partial charge in [-0.25, -0.2) is 4.79 Å². The highest BCUT2D eigenvalue weighted by molar-refractivity contribution is 7.16. The SMILES string of the molecule is CCC(CO)(CNC(=O)OC(C)(C)C)Cc1ccc(Cl)s1. The molecule has 6 heteroatoms. The van der Waals surface area contributed by atoms with Crippen molar-refractivity contribution in [2.75, 3.05) is 13.2 Å². The lowest BCUT2D eigenvalue weighted by Gasteiger charge is -2.31. The minimum Gasteiger partial charge on any atom is -0.444 e. The molecule has 0 aliphatic heterocycles. The molecule has 1 unspecified atom stereocenters. The summed E-state index contributed by atoms with van der Waals surface area (Å²) in [6.45, 7) is 7.82. The van der Waals surface area contributed by atoms with Crippen LogP contribution in [0, 0.1) is 5.41 Å². The molecule has 2 N–H and O–H groups in total. The third-order valence-electron chi connectivity index (χ3n) is 3.27. The lowest BCUT2D eigenvalue weighted by Crippen LogP contribution is -2.43. The Kier molecular flexibility index (Phi) is 6.50. The van der Waals surface area contributed by atoms with E-state index in [0.717, 1.165) is 15.6 Å². The van der Waals surface area contributed by atoms with E-state index in [1.165, 1.54) is 11.3 Å². The number of thiophene rings is 1. The van der Waals surface area contributed by atoms with Crippen molar-refractivity contribution >= 4 is 29.0 Å². The molecule has 0 bridgehead atoms. The van der Waals surface area contributed by atoms with E-state index in [-0.39, 0.29) is 6.61 Å². The van der Waals surface area contributed by atoms with Gasteiger partial charge in [-0.2, -0.15) is 0 Å². The number of halogens is 1. The summed E-state index contributed by atoms with van der Waals surface area (Å²) in [5, 5.41) is 12.5. The third kappa shape index (κ3) is 6.24. The molecule has 0 fully saturated rings. The Morgan fingerprint density at radius 2 is 2.10 bits per heavy atom. The first-order chi connectivity index (χ1) is 9.69. The van der Waals surface area contributed by atoms with Crippen LogP contribution in [0.4, 0.5) is 4.79 Å². The lowest BCUT2D eigenvalue weighted by atomic mass is 9.82. The first-order valence-electron chi connectivity index (χ1n) is 7.01. The van der Waals surface area contributed by atoms with E-state index < -0.39 is 17.1 Å². The molecule has 1 amide bonds. The molecule has 1 aromatic heterocycles. The Morgan fingerprint density at radius 1 is 1.43 bits per heavy atom. The van der Waals surface area contributed by atoms with Crippen molar-refractivity contribution < 1.29 is 14.6 Å². The van der Waals surface area contributed by atoms with E-state index in [0.29, 0.717) is 13.0 Å². The molecule has 1 atom stereocenters. The summed E-state index contributed by atoms with van der Waals surface area (Å²) in [6.07, 6.45) is 0.958. The first-order valence-corrected chi connectivity index (χ1v) is 8.21. The number of nitrogens with one attached hydrogen (secondary N) is 1. The van der Waals surface area contributed by atoms with Crippen LogP contribution in [0.25, 0.3) is 0 Å². The Labute approximate surface area is 135 Å². The molecule has 0 aliphatic carbocycles. The van der Waals surface area contributed by atoms with Crippen molar-refractivity contribution in [2.45, 2.75) is 46.1 Å². The van der Waals surface area contributed by atoms with Crippen molar-refractivity contribution in [3.8, 4) is 0 Å². The van der Waals surface area contributed by atoms with Gasteiger partial charge in [-0.15, -0.1) is 11.3 Å². The second-order valence-electron chi connectivity index (χ2n) is 6.25. The van der Waals surface area contributed by atoms with Crippen LogP contribution in [-0.4, -0.2) is 30.0 Å². The molecule has 1 heterocycles. The van der Waals surface area contributed by atoms with Crippen LogP contribution in [0.2, 0.25) is 4.34 Å². The van der Waals surface area contributed by atoms with Gasteiger partial charge in [-0.3, -0.25) is 0 Å². The zero-order valence-electron chi connectivity index (χ0n) is 13.0. The zero-order chi connectivity index (χ0) is 16.1. The summed E-state index contributed by atoms with van der Waals surface area (Å²) in [7, 11) is 0. The number of carbonyl (C=O) groups is 1. The van der Waals surface area contributed by atoms with Crippen molar-refractivity contribution in [1.29, 1.82) is 0 Å². The fourth-order valence-corrected chi connectivity index (χ4v) is 3.19. The molecule has 0 aliphatic rings. The molecule has 4 nitrogen and oxygen atoms in total. The molecule has 0 saturated heterocycles. The van der Waals surface area contributed by atoms with Crippen LogP contribution < -0.4 is 5.32 Å². The number of aliphatic hydroxyl groups excluding tert-OH is 1. The fraction of sp³-hybridized carbons (Fsp3) is 0.667. The second-order valence-corrected chi connectivity index (χ2v) is 8.05. The van der Waals surface area contributed by atoms with Crippen LogP contribution in [0.1, 0.15) is 39.0 Å². The van der Waals surface area contributed by atoms with Gasteiger partial charge in [0.1, 0.15) is 5.60 Å². The Hall–Kier alpha value is -0.780. The van der Waals surface area contributed by atoms with Crippen LogP contribution in [0.15, 0.2) is 12.1 Å². The molecule has 0 saturated carbocycles. The number of amides is 1. The van der Waals surface area contributed by atoms with Crippen molar-refractivity contribution in [3.05, 3.63) is 21.3 Å². The van der Waals surface area contributed by atoms with Gasteiger partial charge < -0.3 is 15.2 Å². The standard InChI is InChI=1S/C15H24ClNO3S/c1-5-15(10-18,8-11-6-7-12(16)21-11)9-17-13(19)20-14(2,3)4/h6-7,18H,5,8-10H2,1-4H3,(H,17,19). The quantitative estimate of drug-likeness (QED) is 0.831. The van der Waals surface area contributed by atoms with Gasteiger partial charge in [0.2, 0.25) is 0 Å². The fourth-order valence-electron chi connectivity index (χ4n) is 1.93. The number of carbonyl (C=O) groups excluding carboxylic acids is 1. The van der Waals surface area contributed by atoms with E-state index in [2.05, 4.69) is 5.32 Å². The number of alkyl carbamates (subject to hydrolysis) is 1. The summed E-state index contributed by atoms with van der Waals surface area (Å²) in [5.41, 5.74) is -0.926. The van der Waals surface area contributed by atoms with Crippen LogP contribution in [0.5, 0.6) is 0 Å². The minimum atomic E-state index is -0.528. The highest BCUT2D eigenvalue weighted by atomic mass is 35.5. The average molecular weight is 334 g/mol. The van der Waals surface area contributed by atoms with E-state index in [9.17, 15) is 9.90 Å². The average Bonchev–Trinajstić information content (AvgIpc) is 2.78. The van der Waals surface area contributed by atoms with Gasteiger partial charge in [0.05, 0.1) is 10.9 Å². The molecule has 120 valence electrons. The molecule has 0 aromatic carbocycles. The maximum atomic E-state index is 11.8. The second kappa shape index (κ2) is 7.47. The highest BCUT2D eigenvalue weighted by Gasteiger charge is 2.30. The summed E-state index contributed by atoms with van der Waals surface area (Å²) < 4.78 is 5.96. The Bertz CT molecular complexity index is 464. The third-order valence-corrected chi connectivity index (χ3v) is 4.50. The number of hydrogen-bond donors (Lipinski definition) is 2.